The molecule has 2 saturated carbocycles. The van der Waals surface area contributed by atoms with Crippen LogP contribution in [-0.4, -0.2) is 7.85 Å². The fourth-order valence-electron chi connectivity index (χ4n) is 4.73. The lowest BCUT2D eigenvalue weighted by atomic mass is 9.65. The Kier molecular flexibility index (Phi) is 4.77. The molecular formula is C20H29B. The van der Waals surface area contributed by atoms with Crippen molar-refractivity contribution < 1.29 is 0 Å². The maximum atomic E-state index is 6.06. The summed E-state index contributed by atoms with van der Waals surface area (Å²) in [6.07, 6.45) is 11.0. The summed E-state index contributed by atoms with van der Waals surface area (Å²) in [6, 6.07) is 6.86. The van der Waals surface area contributed by atoms with Crippen molar-refractivity contribution in [3.8, 4) is 0 Å². The normalized spacial score (nSPS) is 33.8. The molecule has 1 aromatic carbocycles. The summed E-state index contributed by atoms with van der Waals surface area (Å²) in [5.74, 6) is 3.27. The maximum Gasteiger partial charge on any atom is 0.0699 e. The first-order chi connectivity index (χ1) is 10.1. The molecule has 3 rings (SSSR count). The van der Waals surface area contributed by atoms with E-state index in [2.05, 4.69) is 32.0 Å². The van der Waals surface area contributed by atoms with Gasteiger partial charge in [-0.1, -0.05) is 49.7 Å². The third-order valence-corrected chi connectivity index (χ3v) is 6.34. The SMILES string of the molecule is [B]C1CCC(C2CCC(c3cccc(C)c3C)CC2)CC1. The van der Waals surface area contributed by atoms with Crippen LogP contribution in [0, 0.1) is 25.7 Å². The van der Waals surface area contributed by atoms with Gasteiger partial charge in [0.15, 0.2) is 0 Å². The highest BCUT2D eigenvalue weighted by atomic mass is 14.4. The van der Waals surface area contributed by atoms with Gasteiger partial charge in [0.05, 0.1) is 7.85 Å². The molecule has 2 fully saturated rings. The van der Waals surface area contributed by atoms with Crippen LogP contribution in [0.1, 0.15) is 74.0 Å². The second-order valence-electron chi connectivity index (χ2n) is 7.58. The van der Waals surface area contributed by atoms with Crippen molar-refractivity contribution in [3.05, 3.63) is 34.9 Å². The highest BCUT2D eigenvalue weighted by Gasteiger charge is 2.30. The van der Waals surface area contributed by atoms with Crippen molar-refractivity contribution in [3.63, 3.8) is 0 Å². The lowest BCUT2D eigenvalue weighted by molar-refractivity contribution is 0.186. The van der Waals surface area contributed by atoms with Crippen molar-refractivity contribution in [2.75, 3.05) is 0 Å². The topological polar surface area (TPSA) is 0 Å². The van der Waals surface area contributed by atoms with Gasteiger partial charge in [-0.25, -0.2) is 0 Å². The van der Waals surface area contributed by atoms with Crippen LogP contribution in [-0.2, 0) is 0 Å². The number of hydrogen-bond donors (Lipinski definition) is 0. The summed E-state index contributed by atoms with van der Waals surface area (Å²) in [4.78, 5) is 0. The van der Waals surface area contributed by atoms with Gasteiger partial charge in [-0.2, -0.15) is 0 Å². The van der Waals surface area contributed by atoms with E-state index >= 15 is 0 Å². The third kappa shape index (κ3) is 3.38. The average molecular weight is 280 g/mol. The molecule has 0 N–H and O–H groups in total. The molecule has 21 heavy (non-hydrogen) atoms. The highest BCUT2D eigenvalue weighted by Crippen LogP contribution is 2.44. The zero-order valence-electron chi connectivity index (χ0n) is 13.8. The van der Waals surface area contributed by atoms with Crippen molar-refractivity contribution >= 4 is 7.85 Å². The first-order valence-electron chi connectivity index (χ1n) is 8.97. The van der Waals surface area contributed by atoms with E-state index in [1.165, 1.54) is 62.5 Å². The minimum atomic E-state index is 0.493. The summed E-state index contributed by atoms with van der Waals surface area (Å²) < 4.78 is 0. The van der Waals surface area contributed by atoms with E-state index < -0.39 is 0 Å². The molecule has 0 atom stereocenters. The fourth-order valence-corrected chi connectivity index (χ4v) is 4.73. The van der Waals surface area contributed by atoms with Crippen LogP contribution in [0.5, 0.6) is 0 Å². The molecule has 0 unspecified atom stereocenters. The summed E-state index contributed by atoms with van der Waals surface area (Å²) in [5, 5.41) is 0. The summed E-state index contributed by atoms with van der Waals surface area (Å²) in [5.41, 5.74) is 4.61. The minimum absolute atomic E-state index is 0.493. The van der Waals surface area contributed by atoms with Gasteiger partial charge in [0, 0.05) is 0 Å². The van der Waals surface area contributed by atoms with E-state index in [9.17, 15) is 0 Å². The van der Waals surface area contributed by atoms with Crippen LogP contribution in [0.3, 0.4) is 0 Å². The Morgan fingerprint density at radius 3 is 2.00 bits per heavy atom. The Labute approximate surface area is 132 Å². The van der Waals surface area contributed by atoms with Crippen LogP contribution < -0.4 is 0 Å². The first kappa shape index (κ1) is 15.2. The Balaban J connectivity index is 1.59. The Morgan fingerprint density at radius 1 is 0.810 bits per heavy atom. The largest absolute Gasteiger partial charge is 0.0774 e. The van der Waals surface area contributed by atoms with Gasteiger partial charge in [0.1, 0.15) is 0 Å². The summed E-state index contributed by atoms with van der Waals surface area (Å²) in [7, 11) is 6.06. The quantitative estimate of drug-likeness (QED) is 0.607. The third-order valence-electron chi connectivity index (χ3n) is 6.34. The minimum Gasteiger partial charge on any atom is -0.0774 e. The zero-order chi connectivity index (χ0) is 14.8. The maximum absolute atomic E-state index is 6.06. The lowest BCUT2D eigenvalue weighted by Gasteiger charge is -2.37. The molecule has 1 aromatic rings. The predicted octanol–water partition coefficient (Wildman–Crippen LogP) is 5.72. The second-order valence-corrected chi connectivity index (χ2v) is 7.58. The fraction of sp³-hybridized carbons (Fsp3) is 0.700. The second kappa shape index (κ2) is 6.59. The van der Waals surface area contributed by atoms with E-state index in [0.29, 0.717) is 5.82 Å². The van der Waals surface area contributed by atoms with Gasteiger partial charge in [0.25, 0.3) is 0 Å². The molecule has 2 radical (unpaired) electrons. The van der Waals surface area contributed by atoms with Gasteiger partial charge in [0.2, 0.25) is 0 Å². The Hall–Kier alpha value is -0.715. The molecule has 0 nitrogen and oxygen atoms in total. The first-order valence-corrected chi connectivity index (χ1v) is 8.97. The molecule has 0 amide bonds. The number of aryl methyl sites for hydroxylation is 1. The molecule has 0 aliphatic heterocycles. The van der Waals surface area contributed by atoms with Gasteiger partial charge in [-0.3, -0.25) is 0 Å². The molecule has 0 heterocycles. The van der Waals surface area contributed by atoms with Gasteiger partial charge < -0.3 is 0 Å². The number of rotatable bonds is 2. The molecule has 0 bridgehead atoms. The van der Waals surface area contributed by atoms with Gasteiger partial charge in [-0.15, -0.1) is 0 Å². The van der Waals surface area contributed by atoms with E-state index in [0.717, 1.165) is 17.8 Å². The van der Waals surface area contributed by atoms with Crippen molar-refractivity contribution in [2.24, 2.45) is 11.8 Å². The molecule has 1 heteroatoms. The van der Waals surface area contributed by atoms with Crippen LogP contribution in [0.25, 0.3) is 0 Å². The molecule has 0 saturated heterocycles. The average Bonchev–Trinajstić information content (AvgIpc) is 2.51. The summed E-state index contributed by atoms with van der Waals surface area (Å²) >= 11 is 0. The lowest BCUT2D eigenvalue weighted by Crippen LogP contribution is -2.24. The molecule has 2 aliphatic carbocycles. The van der Waals surface area contributed by atoms with E-state index in [1.54, 1.807) is 5.56 Å². The molecule has 0 aromatic heterocycles. The van der Waals surface area contributed by atoms with Crippen LogP contribution in [0.15, 0.2) is 18.2 Å². The van der Waals surface area contributed by atoms with Gasteiger partial charge >= 0.3 is 0 Å². The van der Waals surface area contributed by atoms with E-state index in [1.807, 2.05) is 0 Å². The van der Waals surface area contributed by atoms with E-state index in [-0.39, 0.29) is 0 Å². The zero-order valence-corrected chi connectivity index (χ0v) is 13.8. The van der Waals surface area contributed by atoms with Crippen LogP contribution >= 0.6 is 0 Å². The Bertz CT molecular complexity index is 463. The van der Waals surface area contributed by atoms with Crippen LogP contribution in [0.2, 0.25) is 5.82 Å². The van der Waals surface area contributed by atoms with Crippen molar-refractivity contribution in [1.29, 1.82) is 0 Å². The van der Waals surface area contributed by atoms with Crippen LogP contribution in [0.4, 0.5) is 0 Å². The van der Waals surface area contributed by atoms with Gasteiger partial charge in [-0.05, 0) is 74.0 Å². The van der Waals surface area contributed by atoms with E-state index in [4.69, 9.17) is 7.85 Å². The smallest absolute Gasteiger partial charge is 0.0699 e. The number of hydrogen-bond acceptors (Lipinski definition) is 0. The van der Waals surface area contributed by atoms with Crippen molar-refractivity contribution in [1.82, 2.24) is 0 Å². The highest BCUT2D eigenvalue weighted by molar-refractivity contribution is 6.11. The predicted molar refractivity (Wildman–Crippen MR) is 92.1 cm³/mol. The molecular weight excluding hydrogens is 251 g/mol. The number of benzene rings is 1. The monoisotopic (exact) mass is 280 g/mol. The molecule has 112 valence electrons. The molecule has 0 spiro atoms. The standard InChI is InChI=1S/C20H29B/c1-14-4-3-5-20(15(14)2)18-8-6-16(7-9-18)17-10-12-19(21)13-11-17/h3-5,16-19H,6-13H2,1-2H3. The summed E-state index contributed by atoms with van der Waals surface area (Å²) in [6.45, 7) is 4.55. The van der Waals surface area contributed by atoms with Crippen molar-refractivity contribution in [2.45, 2.75) is 76.9 Å². The molecule has 2 aliphatic rings. The Morgan fingerprint density at radius 2 is 1.38 bits per heavy atom.